The van der Waals surface area contributed by atoms with Crippen molar-refractivity contribution < 1.29 is 24.0 Å². The first-order chi connectivity index (χ1) is 11.0. The summed E-state index contributed by atoms with van der Waals surface area (Å²) in [7, 11) is 0. The molecule has 8 heteroatoms. The van der Waals surface area contributed by atoms with Crippen molar-refractivity contribution >= 4 is 35.5 Å². The number of fused-ring (bicyclic) bond motifs is 1. The Balaban J connectivity index is 1.30. The van der Waals surface area contributed by atoms with Gasteiger partial charge in [-0.3, -0.25) is 14.4 Å². The molecule has 0 aromatic heterocycles. The van der Waals surface area contributed by atoms with Crippen LogP contribution in [0.5, 0.6) is 0 Å². The number of imide groups is 1. The Labute approximate surface area is 138 Å². The van der Waals surface area contributed by atoms with Crippen molar-refractivity contribution in [3.8, 4) is 0 Å². The third-order valence-corrected chi connectivity index (χ3v) is 6.08. The number of carbonyl (C=O) groups is 4. The molecular formula is C15H20N2O5S. The number of hydrogen-bond donors (Lipinski definition) is 1. The van der Waals surface area contributed by atoms with E-state index in [2.05, 4.69) is 5.32 Å². The van der Waals surface area contributed by atoms with E-state index in [4.69, 9.17) is 4.84 Å². The zero-order valence-electron chi connectivity index (χ0n) is 12.8. The Morgan fingerprint density at radius 3 is 2.65 bits per heavy atom. The second-order valence-electron chi connectivity index (χ2n) is 6.20. The molecule has 0 aliphatic carbocycles. The molecule has 0 aromatic rings. The highest BCUT2D eigenvalue weighted by molar-refractivity contribution is 8.00. The molecule has 126 valence electrons. The molecule has 0 saturated carbocycles. The lowest BCUT2D eigenvalue weighted by Crippen LogP contribution is -2.31. The number of thioether (sulfide) groups is 1. The van der Waals surface area contributed by atoms with Crippen LogP contribution in [-0.2, 0) is 24.0 Å². The third kappa shape index (κ3) is 3.85. The van der Waals surface area contributed by atoms with E-state index in [1.807, 2.05) is 11.8 Å². The third-order valence-electron chi connectivity index (χ3n) is 4.42. The highest BCUT2D eigenvalue weighted by atomic mass is 32.2. The highest BCUT2D eigenvalue weighted by Gasteiger charge is 2.41. The molecular weight excluding hydrogens is 320 g/mol. The molecule has 1 N–H and O–H groups in total. The molecule has 3 unspecified atom stereocenters. The van der Waals surface area contributed by atoms with Crippen LogP contribution in [-0.4, -0.2) is 45.3 Å². The first-order valence-corrected chi connectivity index (χ1v) is 8.98. The Kier molecular flexibility index (Phi) is 4.89. The van der Waals surface area contributed by atoms with Gasteiger partial charge in [0.05, 0.1) is 0 Å². The van der Waals surface area contributed by atoms with Crippen LogP contribution < -0.4 is 5.32 Å². The monoisotopic (exact) mass is 340 g/mol. The number of nitrogens with one attached hydrogen (secondary N) is 1. The molecule has 0 radical (unpaired) electrons. The van der Waals surface area contributed by atoms with Gasteiger partial charge >= 0.3 is 5.97 Å². The zero-order chi connectivity index (χ0) is 16.4. The van der Waals surface area contributed by atoms with Crippen LogP contribution in [0.3, 0.4) is 0 Å². The van der Waals surface area contributed by atoms with E-state index >= 15 is 0 Å². The maximum Gasteiger partial charge on any atom is 0.333 e. The minimum Gasteiger partial charge on any atom is -0.352 e. The Hall–Kier alpha value is -1.57. The maximum atomic E-state index is 11.7. The fourth-order valence-corrected chi connectivity index (χ4v) is 4.99. The number of hydroxylamine groups is 2. The summed E-state index contributed by atoms with van der Waals surface area (Å²) >= 11 is 1.87. The number of hydrogen-bond acceptors (Lipinski definition) is 6. The lowest BCUT2D eigenvalue weighted by molar-refractivity contribution is -0.197. The Morgan fingerprint density at radius 2 is 1.96 bits per heavy atom. The van der Waals surface area contributed by atoms with Gasteiger partial charge in [0.1, 0.15) is 0 Å². The second-order valence-corrected chi connectivity index (χ2v) is 7.75. The molecule has 3 saturated heterocycles. The summed E-state index contributed by atoms with van der Waals surface area (Å²) in [5.74, 6) is -1.27. The van der Waals surface area contributed by atoms with Gasteiger partial charge in [-0.15, -0.1) is 5.06 Å². The summed E-state index contributed by atoms with van der Waals surface area (Å²) in [6.45, 7) is 0. The molecule has 3 aliphatic rings. The van der Waals surface area contributed by atoms with E-state index < -0.39 is 17.8 Å². The standard InChI is InChI=1S/C15H20N2O5S/c18-12-8-11-10(16-12)7-9(23-11)3-1-2-4-15(21)22-17-13(19)5-6-14(17)20/h9-11H,1-8H2,(H,16,18). The predicted octanol–water partition coefficient (Wildman–Crippen LogP) is 0.917. The van der Waals surface area contributed by atoms with Crippen LogP contribution in [0.25, 0.3) is 0 Å². The number of amides is 3. The van der Waals surface area contributed by atoms with Gasteiger partial charge in [-0.25, -0.2) is 4.79 Å². The molecule has 0 bridgehead atoms. The molecule has 3 atom stereocenters. The average Bonchev–Trinajstić information content (AvgIpc) is 3.11. The van der Waals surface area contributed by atoms with Gasteiger partial charge < -0.3 is 10.2 Å². The van der Waals surface area contributed by atoms with Gasteiger partial charge in [0.25, 0.3) is 11.8 Å². The van der Waals surface area contributed by atoms with Crippen LogP contribution in [0.1, 0.15) is 51.4 Å². The minimum absolute atomic E-state index is 0.115. The second kappa shape index (κ2) is 6.90. The van der Waals surface area contributed by atoms with Crippen LogP contribution in [0, 0.1) is 0 Å². The van der Waals surface area contributed by atoms with Crippen molar-refractivity contribution in [2.75, 3.05) is 0 Å². The average molecular weight is 340 g/mol. The van der Waals surface area contributed by atoms with Gasteiger partial charge in [-0.05, 0) is 19.3 Å². The first kappa shape index (κ1) is 16.3. The number of nitrogens with zero attached hydrogens (tertiary/aromatic N) is 1. The van der Waals surface area contributed by atoms with Gasteiger partial charge in [-0.2, -0.15) is 11.8 Å². The Bertz CT molecular complexity index is 506. The summed E-state index contributed by atoms with van der Waals surface area (Å²) in [6.07, 6.45) is 4.63. The summed E-state index contributed by atoms with van der Waals surface area (Å²) in [4.78, 5) is 50.4. The lowest BCUT2D eigenvalue weighted by Gasteiger charge is -2.13. The quantitative estimate of drug-likeness (QED) is 0.571. The van der Waals surface area contributed by atoms with E-state index in [1.165, 1.54) is 0 Å². The summed E-state index contributed by atoms with van der Waals surface area (Å²) < 4.78 is 0. The van der Waals surface area contributed by atoms with Gasteiger partial charge in [0.2, 0.25) is 5.91 Å². The number of carbonyl (C=O) groups excluding carboxylic acids is 4. The molecule has 0 aromatic carbocycles. The van der Waals surface area contributed by atoms with Crippen LogP contribution in [0.15, 0.2) is 0 Å². The van der Waals surface area contributed by atoms with Crippen LogP contribution >= 0.6 is 11.8 Å². The Morgan fingerprint density at radius 1 is 1.22 bits per heavy atom. The van der Waals surface area contributed by atoms with E-state index in [1.54, 1.807) is 0 Å². The van der Waals surface area contributed by atoms with E-state index in [0.717, 1.165) is 19.3 Å². The summed E-state index contributed by atoms with van der Waals surface area (Å²) in [6, 6.07) is 0.314. The molecule has 0 spiro atoms. The summed E-state index contributed by atoms with van der Waals surface area (Å²) in [5, 5.41) is 4.53. The van der Waals surface area contributed by atoms with E-state index in [9.17, 15) is 19.2 Å². The van der Waals surface area contributed by atoms with Crippen molar-refractivity contribution in [3.05, 3.63) is 0 Å². The van der Waals surface area contributed by atoms with Gasteiger partial charge in [0.15, 0.2) is 0 Å². The highest BCUT2D eigenvalue weighted by Crippen LogP contribution is 2.41. The minimum atomic E-state index is -0.531. The lowest BCUT2D eigenvalue weighted by atomic mass is 10.1. The van der Waals surface area contributed by atoms with Crippen molar-refractivity contribution in [1.82, 2.24) is 10.4 Å². The van der Waals surface area contributed by atoms with E-state index in [-0.39, 0.29) is 25.2 Å². The van der Waals surface area contributed by atoms with Crippen molar-refractivity contribution in [1.29, 1.82) is 0 Å². The predicted molar refractivity (Wildman–Crippen MR) is 82.0 cm³/mol. The van der Waals surface area contributed by atoms with Crippen molar-refractivity contribution in [2.24, 2.45) is 0 Å². The first-order valence-electron chi connectivity index (χ1n) is 8.04. The molecule has 3 rings (SSSR count). The van der Waals surface area contributed by atoms with Crippen LogP contribution in [0.2, 0.25) is 0 Å². The molecule has 3 aliphatic heterocycles. The molecule has 3 heterocycles. The molecule has 3 fully saturated rings. The summed E-state index contributed by atoms with van der Waals surface area (Å²) in [5.41, 5.74) is 0. The fraction of sp³-hybridized carbons (Fsp3) is 0.733. The smallest absolute Gasteiger partial charge is 0.333 e. The number of unbranched alkanes of at least 4 members (excludes halogenated alkanes) is 1. The maximum absolute atomic E-state index is 11.7. The molecule has 3 amide bonds. The van der Waals surface area contributed by atoms with E-state index in [0.29, 0.717) is 34.4 Å². The van der Waals surface area contributed by atoms with Crippen molar-refractivity contribution in [3.63, 3.8) is 0 Å². The molecule has 7 nitrogen and oxygen atoms in total. The van der Waals surface area contributed by atoms with Gasteiger partial charge in [-0.1, -0.05) is 6.42 Å². The topological polar surface area (TPSA) is 92.8 Å². The largest absolute Gasteiger partial charge is 0.352 e. The SMILES string of the molecule is O=C1CC2SC(CCCCC(=O)ON3C(=O)CCC3=O)CC2N1. The van der Waals surface area contributed by atoms with Gasteiger partial charge in [0, 0.05) is 42.2 Å². The number of rotatable bonds is 6. The zero-order valence-corrected chi connectivity index (χ0v) is 13.6. The fourth-order valence-electron chi connectivity index (χ4n) is 3.26. The normalized spacial score (nSPS) is 29.8. The van der Waals surface area contributed by atoms with Crippen LogP contribution in [0.4, 0.5) is 0 Å². The van der Waals surface area contributed by atoms with Crippen molar-refractivity contribution in [2.45, 2.75) is 67.9 Å². The molecule has 23 heavy (non-hydrogen) atoms.